The molecular weight excluding hydrogens is 199 g/mol. The number of nitrogens with two attached hydrogens (primary N) is 1. The molecular formula is C8H14F3NO2. The van der Waals surface area contributed by atoms with Crippen molar-refractivity contribution in [2.24, 2.45) is 5.73 Å². The van der Waals surface area contributed by atoms with E-state index in [0.717, 1.165) is 0 Å². The van der Waals surface area contributed by atoms with Crippen molar-refractivity contribution in [3.8, 4) is 0 Å². The first-order chi connectivity index (χ1) is 6.37. The van der Waals surface area contributed by atoms with Crippen LogP contribution in [0.4, 0.5) is 13.2 Å². The monoisotopic (exact) mass is 213 g/mol. The third kappa shape index (κ3) is 6.71. The van der Waals surface area contributed by atoms with Crippen LogP contribution < -0.4 is 5.73 Å². The predicted molar refractivity (Wildman–Crippen MR) is 44.5 cm³/mol. The Morgan fingerprint density at radius 1 is 1.50 bits per heavy atom. The SMILES string of the molecule is CCOC(=O)[C@H](N)CCCC(F)(F)F. The molecule has 3 nitrogen and oxygen atoms in total. The topological polar surface area (TPSA) is 52.3 Å². The summed E-state index contributed by atoms with van der Waals surface area (Å²) in [6, 6.07) is -0.947. The molecule has 0 radical (unpaired) electrons. The molecule has 0 bridgehead atoms. The summed E-state index contributed by atoms with van der Waals surface area (Å²) < 4.78 is 39.6. The van der Waals surface area contributed by atoms with Crippen molar-refractivity contribution < 1.29 is 22.7 Å². The van der Waals surface area contributed by atoms with Gasteiger partial charge in [0.2, 0.25) is 0 Å². The van der Waals surface area contributed by atoms with Crippen molar-refractivity contribution in [3.05, 3.63) is 0 Å². The van der Waals surface area contributed by atoms with Gasteiger partial charge in [-0.05, 0) is 19.8 Å². The number of hydrogen-bond acceptors (Lipinski definition) is 3. The minimum atomic E-state index is -4.19. The van der Waals surface area contributed by atoms with E-state index in [1.165, 1.54) is 0 Å². The molecule has 0 spiro atoms. The minimum absolute atomic E-state index is 0.00164. The standard InChI is InChI=1S/C8H14F3NO2/c1-2-14-7(13)6(12)4-3-5-8(9,10)11/h6H,2-5,12H2,1H3/t6-/m1/s1. The highest BCUT2D eigenvalue weighted by molar-refractivity contribution is 5.75. The molecule has 0 aromatic rings. The number of hydrogen-bond donors (Lipinski definition) is 1. The fourth-order valence-electron chi connectivity index (χ4n) is 0.890. The van der Waals surface area contributed by atoms with Crippen LogP contribution in [0, 0.1) is 0 Å². The van der Waals surface area contributed by atoms with Crippen molar-refractivity contribution in [2.45, 2.75) is 38.4 Å². The first-order valence-electron chi connectivity index (χ1n) is 4.35. The van der Waals surface area contributed by atoms with Crippen LogP contribution in [0.2, 0.25) is 0 Å². The lowest BCUT2D eigenvalue weighted by Gasteiger charge is -2.11. The van der Waals surface area contributed by atoms with Gasteiger partial charge in [-0.1, -0.05) is 0 Å². The van der Waals surface area contributed by atoms with Crippen LogP contribution in [-0.4, -0.2) is 24.8 Å². The maximum Gasteiger partial charge on any atom is 0.389 e. The molecule has 0 aliphatic heterocycles. The number of esters is 1. The minimum Gasteiger partial charge on any atom is -0.465 e. The molecule has 0 fully saturated rings. The Balaban J connectivity index is 3.63. The van der Waals surface area contributed by atoms with Gasteiger partial charge in [0.25, 0.3) is 0 Å². The van der Waals surface area contributed by atoms with Crippen LogP contribution >= 0.6 is 0 Å². The molecule has 0 saturated carbocycles. The van der Waals surface area contributed by atoms with E-state index in [0.29, 0.717) is 0 Å². The molecule has 0 heterocycles. The van der Waals surface area contributed by atoms with Gasteiger partial charge in [-0.3, -0.25) is 4.79 Å². The summed E-state index contributed by atoms with van der Waals surface area (Å²) in [6.07, 6.45) is -5.25. The van der Waals surface area contributed by atoms with Crippen molar-refractivity contribution in [1.29, 1.82) is 0 Å². The van der Waals surface area contributed by atoms with Gasteiger partial charge < -0.3 is 10.5 Å². The van der Waals surface area contributed by atoms with E-state index >= 15 is 0 Å². The lowest BCUT2D eigenvalue weighted by molar-refractivity contribution is -0.146. The number of ether oxygens (including phenoxy) is 1. The smallest absolute Gasteiger partial charge is 0.389 e. The van der Waals surface area contributed by atoms with Gasteiger partial charge in [-0.25, -0.2) is 0 Å². The summed E-state index contributed by atoms with van der Waals surface area (Å²) in [5.74, 6) is -0.644. The molecule has 6 heteroatoms. The zero-order valence-electron chi connectivity index (χ0n) is 7.93. The van der Waals surface area contributed by atoms with Crippen LogP contribution in [0.25, 0.3) is 0 Å². The Labute approximate surface area is 80.4 Å². The van der Waals surface area contributed by atoms with Crippen molar-refractivity contribution in [3.63, 3.8) is 0 Å². The Morgan fingerprint density at radius 3 is 2.50 bits per heavy atom. The molecule has 0 rings (SSSR count). The molecule has 2 N–H and O–H groups in total. The first kappa shape index (κ1) is 13.2. The van der Waals surface area contributed by atoms with E-state index in [2.05, 4.69) is 4.74 Å². The van der Waals surface area contributed by atoms with Crippen LogP contribution in [0.3, 0.4) is 0 Å². The summed E-state index contributed by atoms with van der Waals surface area (Å²) in [5, 5.41) is 0. The second-order valence-corrected chi connectivity index (χ2v) is 2.87. The molecule has 0 aromatic heterocycles. The third-order valence-corrected chi connectivity index (χ3v) is 1.56. The van der Waals surface area contributed by atoms with Crippen molar-refractivity contribution in [2.75, 3.05) is 6.61 Å². The van der Waals surface area contributed by atoms with Crippen molar-refractivity contribution in [1.82, 2.24) is 0 Å². The summed E-state index contributed by atoms with van der Waals surface area (Å²) >= 11 is 0. The van der Waals surface area contributed by atoms with E-state index < -0.39 is 24.6 Å². The Bertz CT molecular complexity index is 182. The average molecular weight is 213 g/mol. The normalized spacial score (nSPS) is 13.8. The molecule has 14 heavy (non-hydrogen) atoms. The van der Waals surface area contributed by atoms with Gasteiger partial charge >= 0.3 is 12.1 Å². The van der Waals surface area contributed by atoms with Gasteiger partial charge in [-0.2, -0.15) is 13.2 Å². The highest BCUT2D eigenvalue weighted by Gasteiger charge is 2.27. The second kappa shape index (κ2) is 5.85. The second-order valence-electron chi connectivity index (χ2n) is 2.87. The van der Waals surface area contributed by atoms with Gasteiger partial charge in [0.1, 0.15) is 6.04 Å². The summed E-state index contributed by atoms with van der Waals surface area (Å²) in [5.41, 5.74) is 5.29. The van der Waals surface area contributed by atoms with E-state index in [-0.39, 0.29) is 19.4 Å². The molecule has 84 valence electrons. The van der Waals surface area contributed by atoms with Crippen molar-refractivity contribution >= 4 is 5.97 Å². The lowest BCUT2D eigenvalue weighted by atomic mass is 10.1. The zero-order valence-corrected chi connectivity index (χ0v) is 7.93. The zero-order chi connectivity index (χ0) is 11.2. The maximum absolute atomic E-state index is 11.7. The van der Waals surface area contributed by atoms with Crippen LogP contribution in [0.1, 0.15) is 26.2 Å². The quantitative estimate of drug-likeness (QED) is 0.706. The van der Waals surface area contributed by atoms with Crippen LogP contribution in [0.5, 0.6) is 0 Å². The molecule has 0 aromatic carbocycles. The Morgan fingerprint density at radius 2 is 2.07 bits per heavy atom. The molecule has 0 saturated heterocycles. The molecule has 0 amide bonds. The number of rotatable bonds is 5. The van der Waals surface area contributed by atoms with Gasteiger partial charge in [0, 0.05) is 6.42 Å². The average Bonchev–Trinajstić information content (AvgIpc) is 2.02. The lowest BCUT2D eigenvalue weighted by Crippen LogP contribution is -2.32. The number of halogens is 3. The Hall–Kier alpha value is -0.780. The van der Waals surface area contributed by atoms with Gasteiger partial charge in [-0.15, -0.1) is 0 Å². The van der Waals surface area contributed by atoms with E-state index in [9.17, 15) is 18.0 Å². The number of alkyl halides is 3. The van der Waals surface area contributed by atoms with E-state index in [1.807, 2.05) is 0 Å². The number of carbonyl (C=O) groups excluding carboxylic acids is 1. The van der Waals surface area contributed by atoms with Crippen LogP contribution in [-0.2, 0) is 9.53 Å². The highest BCUT2D eigenvalue weighted by Crippen LogP contribution is 2.22. The highest BCUT2D eigenvalue weighted by atomic mass is 19.4. The maximum atomic E-state index is 11.7. The predicted octanol–water partition coefficient (Wildman–Crippen LogP) is 1.61. The molecule has 1 atom stereocenters. The molecule has 0 unspecified atom stereocenters. The van der Waals surface area contributed by atoms with Gasteiger partial charge in [0.05, 0.1) is 6.61 Å². The molecule has 0 aliphatic carbocycles. The Kier molecular flexibility index (Phi) is 5.52. The largest absolute Gasteiger partial charge is 0.465 e. The van der Waals surface area contributed by atoms with Gasteiger partial charge in [0.15, 0.2) is 0 Å². The number of carbonyl (C=O) groups is 1. The first-order valence-corrected chi connectivity index (χ1v) is 4.35. The fraction of sp³-hybridized carbons (Fsp3) is 0.875. The fourth-order valence-corrected chi connectivity index (χ4v) is 0.890. The summed E-state index contributed by atoms with van der Waals surface area (Å²) in [6.45, 7) is 1.80. The summed E-state index contributed by atoms with van der Waals surface area (Å²) in [4.78, 5) is 10.9. The third-order valence-electron chi connectivity index (χ3n) is 1.56. The molecule has 0 aliphatic rings. The summed E-state index contributed by atoms with van der Waals surface area (Å²) in [7, 11) is 0. The van der Waals surface area contributed by atoms with E-state index in [1.54, 1.807) is 6.92 Å². The van der Waals surface area contributed by atoms with E-state index in [4.69, 9.17) is 5.73 Å². The van der Waals surface area contributed by atoms with Crippen LogP contribution in [0.15, 0.2) is 0 Å².